The molecule has 0 radical (unpaired) electrons. The van der Waals surface area contributed by atoms with Gasteiger partial charge >= 0.3 is 0 Å². The molecule has 0 unspecified atom stereocenters. The first-order valence-corrected chi connectivity index (χ1v) is 14.5. The average molecular weight is 526 g/mol. The van der Waals surface area contributed by atoms with Crippen LogP contribution in [0.4, 0.5) is 5.13 Å². The molecular formula is C22H24ClN3O4S3. The van der Waals surface area contributed by atoms with Gasteiger partial charge in [0.25, 0.3) is 0 Å². The van der Waals surface area contributed by atoms with Crippen molar-refractivity contribution >= 4 is 65.8 Å². The van der Waals surface area contributed by atoms with Gasteiger partial charge in [-0.1, -0.05) is 22.9 Å². The minimum Gasteiger partial charge on any atom is -0.379 e. The van der Waals surface area contributed by atoms with E-state index in [9.17, 15) is 13.2 Å². The number of fused-ring (bicyclic) bond motifs is 1. The van der Waals surface area contributed by atoms with Crippen molar-refractivity contribution in [1.29, 1.82) is 0 Å². The van der Waals surface area contributed by atoms with E-state index in [1.165, 1.54) is 29.4 Å². The SMILES string of the molecule is CS(=O)(=O)c1ccc2nc(N(CCN3CCOCC3)C(=O)CSc3ccc(Cl)cc3)sc2c1. The number of benzene rings is 2. The zero-order valence-corrected chi connectivity index (χ0v) is 21.3. The predicted octanol–water partition coefficient (Wildman–Crippen LogP) is 3.81. The van der Waals surface area contributed by atoms with Crippen LogP contribution in [0.25, 0.3) is 10.2 Å². The Morgan fingerprint density at radius 3 is 2.64 bits per heavy atom. The van der Waals surface area contributed by atoms with Crippen molar-refractivity contribution in [2.75, 3.05) is 56.3 Å². The van der Waals surface area contributed by atoms with Gasteiger partial charge in [0.05, 0.1) is 34.1 Å². The fourth-order valence-electron chi connectivity index (χ4n) is 3.39. The Labute approximate surface area is 206 Å². The van der Waals surface area contributed by atoms with Gasteiger partial charge in [-0.3, -0.25) is 14.6 Å². The van der Waals surface area contributed by atoms with Crippen LogP contribution >= 0.6 is 34.7 Å². The fraction of sp³-hybridized carbons (Fsp3) is 0.364. The van der Waals surface area contributed by atoms with Crippen LogP contribution in [-0.4, -0.2) is 75.6 Å². The number of morpholine rings is 1. The van der Waals surface area contributed by atoms with Gasteiger partial charge in [-0.15, -0.1) is 11.8 Å². The molecule has 1 amide bonds. The Hall–Kier alpha value is -1.69. The molecule has 2 heterocycles. The summed E-state index contributed by atoms with van der Waals surface area (Å²) in [5.41, 5.74) is 0.678. The predicted molar refractivity (Wildman–Crippen MR) is 135 cm³/mol. The molecule has 4 rings (SSSR count). The number of sulfone groups is 1. The Balaban J connectivity index is 1.55. The topological polar surface area (TPSA) is 79.8 Å². The van der Waals surface area contributed by atoms with Crippen LogP contribution in [0.1, 0.15) is 0 Å². The van der Waals surface area contributed by atoms with Gasteiger partial charge in [0.15, 0.2) is 15.0 Å². The van der Waals surface area contributed by atoms with E-state index < -0.39 is 9.84 Å². The monoisotopic (exact) mass is 525 g/mol. The van der Waals surface area contributed by atoms with E-state index in [-0.39, 0.29) is 16.6 Å². The molecular weight excluding hydrogens is 502 g/mol. The molecule has 1 saturated heterocycles. The van der Waals surface area contributed by atoms with Crippen molar-refractivity contribution in [3.8, 4) is 0 Å². The summed E-state index contributed by atoms with van der Waals surface area (Å²) in [7, 11) is -3.32. The Kier molecular flexibility index (Phi) is 7.93. The summed E-state index contributed by atoms with van der Waals surface area (Å²) >= 11 is 8.74. The quantitative estimate of drug-likeness (QED) is 0.414. The van der Waals surface area contributed by atoms with Crippen LogP contribution < -0.4 is 4.90 Å². The second kappa shape index (κ2) is 10.7. The van der Waals surface area contributed by atoms with Crippen LogP contribution in [0, 0.1) is 0 Å². The molecule has 33 heavy (non-hydrogen) atoms. The number of nitrogens with zero attached hydrogens (tertiary/aromatic N) is 3. The Morgan fingerprint density at radius 2 is 1.94 bits per heavy atom. The minimum absolute atomic E-state index is 0.0504. The lowest BCUT2D eigenvalue weighted by Gasteiger charge is -2.29. The number of carbonyl (C=O) groups excluding carboxylic acids is 1. The van der Waals surface area contributed by atoms with Crippen LogP contribution in [0.5, 0.6) is 0 Å². The third-order valence-electron chi connectivity index (χ3n) is 5.23. The number of amides is 1. The summed E-state index contributed by atoms with van der Waals surface area (Å²) in [6.07, 6.45) is 1.18. The van der Waals surface area contributed by atoms with Crippen LogP contribution in [0.15, 0.2) is 52.3 Å². The zero-order valence-electron chi connectivity index (χ0n) is 18.1. The third kappa shape index (κ3) is 6.46. The lowest BCUT2D eigenvalue weighted by molar-refractivity contribution is -0.116. The van der Waals surface area contributed by atoms with Gasteiger partial charge in [0, 0.05) is 42.4 Å². The zero-order chi connectivity index (χ0) is 23.4. The number of aromatic nitrogens is 1. The van der Waals surface area contributed by atoms with E-state index in [1.807, 2.05) is 12.1 Å². The highest BCUT2D eigenvalue weighted by Crippen LogP contribution is 2.31. The molecule has 1 aromatic heterocycles. The first-order chi connectivity index (χ1) is 15.8. The minimum atomic E-state index is -3.32. The number of halogens is 1. The summed E-state index contributed by atoms with van der Waals surface area (Å²) in [6.45, 7) is 4.26. The molecule has 0 bridgehead atoms. The number of hydrogen-bond acceptors (Lipinski definition) is 8. The second-order valence-electron chi connectivity index (χ2n) is 7.64. The molecule has 0 atom stereocenters. The van der Waals surface area contributed by atoms with Crippen LogP contribution in [-0.2, 0) is 19.4 Å². The molecule has 11 heteroatoms. The number of rotatable bonds is 8. The average Bonchev–Trinajstić information content (AvgIpc) is 3.22. The van der Waals surface area contributed by atoms with Gasteiger partial charge in [-0.2, -0.15) is 0 Å². The van der Waals surface area contributed by atoms with Gasteiger partial charge < -0.3 is 4.74 Å². The number of thiazole rings is 1. The molecule has 1 aliphatic rings. The summed E-state index contributed by atoms with van der Waals surface area (Å²) in [6, 6.07) is 12.3. The van der Waals surface area contributed by atoms with Gasteiger partial charge in [-0.05, 0) is 42.5 Å². The maximum absolute atomic E-state index is 13.3. The van der Waals surface area contributed by atoms with E-state index in [4.69, 9.17) is 16.3 Å². The van der Waals surface area contributed by atoms with Crippen molar-refractivity contribution in [3.63, 3.8) is 0 Å². The standard InChI is InChI=1S/C22H24ClN3O4S3/c1-33(28,29)18-6-7-19-20(14-18)32-22(24-19)26(9-8-25-10-12-30-13-11-25)21(27)15-31-17-4-2-16(23)3-5-17/h2-7,14H,8-13,15H2,1H3. The van der Waals surface area contributed by atoms with Gasteiger partial charge in [0.2, 0.25) is 5.91 Å². The lowest BCUT2D eigenvalue weighted by atomic mass is 10.3. The van der Waals surface area contributed by atoms with E-state index in [0.29, 0.717) is 42.0 Å². The van der Waals surface area contributed by atoms with Gasteiger partial charge in [0.1, 0.15) is 0 Å². The summed E-state index contributed by atoms with van der Waals surface area (Å²) < 4.78 is 30.0. The molecule has 7 nitrogen and oxygen atoms in total. The van der Waals surface area contributed by atoms with Crippen LogP contribution in [0.3, 0.4) is 0 Å². The Morgan fingerprint density at radius 1 is 1.21 bits per heavy atom. The summed E-state index contributed by atoms with van der Waals surface area (Å²) in [5, 5.41) is 1.23. The van der Waals surface area contributed by atoms with Crippen molar-refractivity contribution in [2.24, 2.45) is 0 Å². The van der Waals surface area contributed by atoms with E-state index in [1.54, 1.807) is 35.2 Å². The number of hydrogen-bond donors (Lipinski definition) is 0. The molecule has 1 fully saturated rings. The summed E-state index contributed by atoms with van der Waals surface area (Å²) in [5.74, 6) is 0.209. The molecule has 2 aromatic carbocycles. The number of anilines is 1. The fourth-order valence-corrected chi connectivity index (χ4v) is 6.06. The van der Waals surface area contributed by atoms with Crippen molar-refractivity contribution in [2.45, 2.75) is 9.79 Å². The highest BCUT2D eigenvalue weighted by molar-refractivity contribution is 8.00. The first-order valence-electron chi connectivity index (χ1n) is 10.4. The normalized spacial score (nSPS) is 15.1. The number of ether oxygens (including phenoxy) is 1. The van der Waals surface area contributed by atoms with E-state index in [2.05, 4.69) is 9.88 Å². The first kappa shape index (κ1) is 24.4. The largest absolute Gasteiger partial charge is 0.379 e. The van der Waals surface area contributed by atoms with Crippen molar-refractivity contribution in [3.05, 3.63) is 47.5 Å². The molecule has 0 saturated carbocycles. The maximum Gasteiger partial charge on any atom is 0.239 e. The second-order valence-corrected chi connectivity index (χ2v) is 12.2. The molecule has 3 aromatic rings. The lowest BCUT2D eigenvalue weighted by Crippen LogP contribution is -2.43. The highest BCUT2D eigenvalue weighted by atomic mass is 35.5. The third-order valence-corrected chi connectivity index (χ3v) is 8.63. The molecule has 0 spiro atoms. The van der Waals surface area contributed by atoms with Crippen molar-refractivity contribution < 1.29 is 17.9 Å². The van der Waals surface area contributed by atoms with E-state index >= 15 is 0 Å². The van der Waals surface area contributed by atoms with Crippen LogP contribution in [0.2, 0.25) is 5.02 Å². The van der Waals surface area contributed by atoms with Gasteiger partial charge in [-0.25, -0.2) is 13.4 Å². The molecule has 0 aliphatic carbocycles. The highest BCUT2D eigenvalue weighted by Gasteiger charge is 2.22. The number of carbonyl (C=O) groups is 1. The maximum atomic E-state index is 13.3. The van der Waals surface area contributed by atoms with Crippen molar-refractivity contribution in [1.82, 2.24) is 9.88 Å². The molecule has 1 aliphatic heterocycles. The molecule has 0 N–H and O–H groups in total. The Bertz CT molecular complexity index is 1230. The van der Waals surface area contributed by atoms with E-state index in [0.717, 1.165) is 22.7 Å². The molecule has 176 valence electrons. The smallest absolute Gasteiger partial charge is 0.239 e. The number of thioether (sulfide) groups is 1. The summed E-state index contributed by atoms with van der Waals surface area (Å²) in [4.78, 5) is 23.1.